The van der Waals surface area contributed by atoms with E-state index in [1.165, 1.54) is 24.4 Å². The summed E-state index contributed by atoms with van der Waals surface area (Å²) in [5, 5.41) is 13.8. The fraction of sp³-hybridized carbons (Fsp3) is 0.409. The molecule has 9 nitrogen and oxygen atoms in total. The number of aromatic nitrogens is 1. The van der Waals surface area contributed by atoms with Gasteiger partial charge in [-0.25, -0.2) is 9.78 Å². The van der Waals surface area contributed by atoms with Gasteiger partial charge >= 0.3 is 12.3 Å². The summed E-state index contributed by atoms with van der Waals surface area (Å²) in [6.07, 6.45) is -3.58. The topological polar surface area (TPSA) is 110 Å². The number of aliphatic hydroxyl groups excluding tert-OH is 1. The molecule has 0 spiro atoms. The number of alkyl halides is 2. The number of nitrogens with zero attached hydrogens (tertiary/aromatic N) is 2. The van der Waals surface area contributed by atoms with Gasteiger partial charge in [0.05, 0.1) is 12.5 Å². The maximum Gasteiger partial charge on any atom is 0.586 e. The number of aliphatic hydroxyl groups is 1. The van der Waals surface area contributed by atoms with Crippen LogP contribution in [0.5, 0.6) is 11.5 Å². The number of ether oxygens (including phenoxy) is 3. The molecule has 1 aromatic carbocycles. The van der Waals surface area contributed by atoms with Gasteiger partial charge < -0.3 is 19.3 Å². The average molecular weight is 498 g/mol. The van der Waals surface area contributed by atoms with E-state index < -0.39 is 42.5 Å². The van der Waals surface area contributed by atoms with Crippen LogP contribution in [-0.2, 0) is 20.7 Å². The second-order valence-corrected chi connectivity index (χ2v) is 8.26. The summed E-state index contributed by atoms with van der Waals surface area (Å²) in [6, 6.07) is 5.84. The van der Waals surface area contributed by atoms with Gasteiger partial charge in [0.15, 0.2) is 17.9 Å². The zero-order chi connectivity index (χ0) is 24.6. The predicted octanol–water partition coefficient (Wildman–Crippen LogP) is 2.62. The van der Waals surface area contributed by atoms with Crippen LogP contribution in [0.1, 0.15) is 31.0 Å². The van der Waals surface area contributed by atoms with Crippen molar-refractivity contribution in [2.75, 3.05) is 6.61 Å². The van der Waals surface area contributed by atoms with Gasteiger partial charge in [0, 0.05) is 12.2 Å². The van der Waals surface area contributed by atoms with Crippen molar-refractivity contribution in [3.63, 3.8) is 0 Å². The van der Waals surface area contributed by atoms with Crippen molar-refractivity contribution in [2.45, 2.75) is 45.0 Å². The number of hydrogen-bond acceptors (Lipinski definition) is 8. The Morgan fingerprint density at radius 3 is 2.76 bits per heavy atom. The van der Waals surface area contributed by atoms with Crippen LogP contribution < -0.4 is 14.8 Å². The summed E-state index contributed by atoms with van der Waals surface area (Å²) in [4.78, 5) is 30.4. The molecular formula is C22H22ClF2N3O6. The van der Waals surface area contributed by atoms with E-state index in [0.29, 0.717) is 11.1 Å². The fourth-order valence-electron chi connectivity index (χ4n) is 4.01. The molecule has 12 heteroatoms. The molecule has 1 saturated heterocycles. The quantitative estimate of drug-likeness (QED) is 0.248. The normalized spacial score (nSPS) is 22.2. The Bertz CT molecular complexity index is 1100. The minimum absolute atomic E-state index is 0.104. The molecule has 4 atom stereocenters. The molecule has 1 aromatic heterocycles. The Hall–Kier alpha value is -3.02. The summed E-state index contributed by atoms with van der Waals surface area (Å²) in [7, 11) is 0. The highest BCUT2D eigenvalue weighted by Crippen LogP contribution is 2.42. The number of benzene rings is 1. The smallest absolute Gasteiger partial charge is 0.464 e. The van der Waals surface area contributed by atoms with Crippen molar-refractivity contribution in [1.82, 2.24) is 15.2 Å². The second kappa shape index (κ2) is 9.32. The molecule has 4 rings (SSSR count). The third-order valence-electron chi connectivity index (χ3n) is 5.62. The summed E-state index contributed by atoms with van der Waals surface area (Å²) in [6.45, 7) is 3.40. The number of pyridine rings is 1. The van der Waals surface area contributed by atoms with Gasteiger partial charge in [-0.05, 0) is 55.7 Å². The van der Waals surface area contributed by atoms with Crippen molar-refractivity contribution in [2.24, 2.45) is 5.92 Å². The third-order valence-corrected chi connectivity index (χ3v) is 5.82. The molecule has 3 heterocycles. The van der Waals surface area contributed by atoms with Crippen LogP contribution in [-0.4, -0.2) is 52.2 Å². The van der Waals surface area contributed by atoms with Gasteiger partial charge in [0.2, 0.25) is 5.91 Å². The van der Waals surface area contributed by atoms with Crippen LogP contribution in [0.4, 0.5) is 8.78 Å². The van der Waals surface area contributed by atoms with Crippen LogP contribution in [0.15, 0.2) is 36.5 Å². The van der Waals surface area contributed by atoms with Crippen LogP contribution >= 0.6 is 11.6 Å². The van der Waals surface area contributed by atoms with Gasteiger partial charge in [0.25, 0.3) is 0 Å². The summed E-state index contributed by atoms with van der Waals surface area (Å²) < 4.78 is 40.5. The Kier molecular flexibility index (Phi) is 6.61. The summed E-state index contributed by atoms with van der Waals surface area (Å²) >= 11 is 5.91. The number of halogens is 3. The van der Waals surface area contributed by atoms with Crippen LogP contribution in [0, 0.1) is 5.92 Å². The van der Waals surface area contributed by atoms with E-state index in [1.54, 1.807) is 26.0 Å². The first kappa shape index (κ1) is 24.1. The first-order valence-electron chi connectivity index (χ1n) is 10.5. The summed E-state index contributed by atoms with van der Waals surface area (Å²) in [5.41, 5.74) is 1.20. The number of β-lactam (4-membered cyclic amide) rings is 1. The summed E-state index contributed by atoms with van der Waals surface area (Å²) in [5.74, 6) is -2.11. The van der Waals surface area contributed by atoms with Gasteiger partial charge in [-0.1, -0.05) is 17.7 Å². The van der Waals surface area contributed by atoms with Gasteiger partial charge in [-0.2, -0.15) is 0 Å². The first-order chi connectivity index (χ1) is 16.1. The number of carbonyl (C=O) groups excluding carboxylic acids is 2. The highest BCUT2D eigenvalue weighted by Gasteiger charge is 2.54. The van der Waals surface area contributed by atoms with Crippen LogP contribution in [0.25, 0.3) is 0 Å². The number of hydrogen-bond donors (Lipinski definition) is 2. The third kappa shape index (κ3) is 4.77. The van der Waals surface area contributed by atoms with Crippen LogP contribution in [0.3, 0.4) is 0 Å². The highest BCUT2D eigenvalue weighted by molar-refractivity contribution is 6.29. The fourth-order valence-corrected chi connectivity index (χ4v) is 4.21. The zero-order valence-electron chi connectivity index (χ0n) is 18.2. The maximum atomic E-state index is 13.3. The minimum Gasteiger partial charge on any atom is -0.464 e. The number of nitrogens with one attached hydrogen (secondary N) is 1. The molecule has 2 aliphatic heterocycles. The van der Waals surface area contributed by atoms with E-state index in [2.05, 4.69) is 19.8 Å². The molecule has 3 unspecified atom stereocenters. The lowest BCUT2D eigenvalue weighted by Crippen LogP contribution is -2.70. The van der Waals surface area contributed by atoms with Crippen molar-refractivity contribution >= 4 is 23.5 Å². The lowest BCUT2D eigenvalue weighted by molar-refractivity contribution is -0.286. The Balaban J connectivity index is 1.47. The van der Waals surface area contributed by atoms with Crippen molar-refractivity contribution in [3.05, 3.63) is 52.8 Å². The molecule has 0 radical (unpaired) electrons. The first-order valence-corrected chi connectivity index (χ1v) is 10.9. The number of rotatable bonds is 8. The van der Waals surface area contributed by atoms with E-state index in [9.17, 15) is 23.5 Å². The van der Waals surface area contributed by atoms with E-state index in [0.717, 1.165) is 4.90 Å². The van der Waals surface area contributed by atoms with Crippen molar-refractivity contribution in [1.29, 1.82) is 0 Å². The van der Waals surface area contributed by atoms with Gasteiger partial charge in [-0.15, -0.1) is 8.78 Å². The van der Waals surface area contributed by atoms with E-state index in [4.69, 9.17) is 16.3 Å². The van der Waals surface area contributed by atoms with E-state index >= 15 is 0 Å². The lowest BCUT2D eigenvalue weighted by atomic mass is 9.82. The molecule has 0 saturated carbocycles. The van der Waals surface area contributed by atoms with E-state index in [1.807, 2.05) is 0 Å². The SMILES string of the molecule is CCOC(=O)C1[C@@H](Cc2ccnc(Cl)c2)C(=O)N1C(O)NC(C)c1ccc2c(c1)OC(F)(F)O2. The molecule has 0 aliphatic carbocycles. The molecule has 1 amide bonds. The van der Waals surface area contributed by atoms with E-state index in [-0.39, 0.29) is 29.7 Å². The predicted molar refractivity (Wildman–Crippen MR) is 114 cm³/mol. The Labute approximate surface area is 198 Å². The molecule has 2 N–H and O–H groups in total. The zero-order valence-corrected chi connectivity index (χ0v) is 19.0. The molecule has 182 valence electrons. The second-order valence-electron chi connectivity index (χ2n) is 7.88. The van der Waals surface area contributed by atoms with Crippen molar-refractivity contribution < 1.29 is 37.7 Å². The molecule has 1 fully saturated rings. The number of likely N-dealkylation sites (tertiary alicyclic amines) is 1. The van der Waals surface area contributed by atoms with Gasteiger partial charge in [0.1, 0.15) is 11.2 Å². The Morgan fingerprint density at radius 2 is 2.06 bits per heavy atom. The van der Waals surface area contributed by atoms with Gasteiger partial charge in [-0.3, -0.25) is 15.0 Å². The number of amides is 1. The standard InChI is InChI=1S/C22H22ClF2N3O6/c1-3-32-20(30)18-14(8-12-6-7-26-17(23)9-12)19(29)28(18)21(31)27-11(2)13-4-5-15-16(10-13)34-22(24,25)33-15/h4-7,9-11,14,18,21,27,31H,3,8H2,1-2H3/t11?,14-,18?,21?/m1/s1. The maximum absolute atomic E-state index is 13.3. The van der Waals surface area contributed by atoms with Crippen molar-refractivity contribution in [3.8, 4) is 11.5 Å². The van der Waals surface area contributed by atoms with Crippen LogP contribution in [0.2, 0.25) is 5.15 Å². The number of esters is 1. The molecule has 34 heavy (non-hydrogen) atoms. The minimum atomic E-state index is -3.75. The molecule has 2 aromatic rings. The average Bonchev–Trinajstić information content (AvgIpc) is 3.08. The lowest BCUT2D eigenvalue weighted by Gasteiger charge is -2.48. The molecular weight excluding hydrogens is 476 g/mol. The highest BCUT2D eigenvalue weighted by atomic mass is 35.5. The molecule has 2 aliphatic rings. The largest absolute Gasteiger partial charge is 0.586 e. The number of carbonyl (C=O) groups is 2. The monoisotopic (exact) mass is 497 g/mol. The Morgan fingerprint density at radius 1 is 1.32 bits per heavy atom. The molecule has 0 bridgehead atoms. The number of fused-ring (bicyclic) bond motifs is 1.